The lowest BCUT2D eigenvalue weighted by molar-refractivity contribution is 0.243. The van der Waals surface area contributed by atoms with E-state index in [9.17, 15) is 5.02 Å². The van der Waals surface area contributed by atoms with E-state index in [2.05, 4.69) is 24.0 Å². The third-order valence-corrected chi connectivity index (χ3v) is 4.77. The van der Waals surface area contributed by atoms with Crippen molar-refractivity contribution in [3.8, 4) is 22.6 Å². The fourth-order valence-electron chi connectivity index (χ4n) is 3.57. The number of pyridine rings is 1. The summed E-state index contributed by atoms with van der Waals surface area (Å²) in [6, 6.07) is 6.16. The van der Waals surface area contributed by atoms with Gasteiger partial charge in [0.2, 0.25) is 0 Å². The number of rotatable bonds is 3. The number of methoxy groups -OCH3 is 1. The Morgan fingerprint density at radius 1 is 1.33 bits per heavy atom. The molecule has 0 aliphatic carbocycles. The van der Waals surface area contributed by atoms with Gasteiger partial charge >= 0.3 is 7.12 Å². The van der Waals surface area contributed by atoms with Gasteiger partial charge in [0.1, 0.15) is 6.10 Å². The number of hydrogen-bond acceptors (Lipinski definition) is 5. The van der Waals surface area contributed by atoms with E-state index in [1.54, 1.807) is 7.11 Å². The Bertz CT molecular complexity index is 767. The summed E-state index contributed by atoms with van der Waals surface area (Å²) in [7, 11) is 0.994. The summed E-state index contributed by atoms with van der Waals surface area (Å²) in [6.45, 7) is 2.60. The van der Waals surface area contributed by atoms with Crippen molar-refractivity contribution in [1.29, 1.82) is 0 Å². The van der Waals surface area contributed by atoms with Crippen molar-refractivity contribution >= 4 is 7.12 Å². The number of aromatic nitrogens is 1. The molecule has 2 aromatic rings. The zero-order valence-electron chi connectivity index (χ0n) is 13.9. The van der Waals surface area contributed by atoms with Gasteiger partial charge < -0.3 is 19.2 Å². The highest BCUT2D eigenvalue weighted by atomic mass is 16.5. The summed E-state index contributed by atoms with van der Waals surface area (Å²) in [5.74, 6) is 1.80. The van der Waals surface area contributed by atoms with Crippen LogP contribution in [0.1, 0.15) is 24.0 Å². The molecule has 0 bridgehead atoms. The molecule has 0 amide bonds. The van der Waals surface area contributed by atoms with Crippen LogP contribution in [0.3, 0.4) is 0 Å². The van der Waals surface area contributed by atoms with Crippen molar-refractivity contribution in [2.75, 3.05) is 13.7 Å². The lowest BCUT2D eigenvalue weighted by Gasteiger charge is -2.13. The van der Waals surface area contributed by atoms with Crippen LogP contribution in [0.15, 0.2) is 30.6 Å². The van der Waals surface area contributed by atoms with E-state index in [4.69, 9.17) is 14.1 Å². The second-order valence-electron chi connectivity index (χ2n) is 6.48. The molecule has 1 saturated heterocycles. The molecule has 0 saturated carbocycles. The average Bonchev–Trinajstić information content (AvgIpc) is 3.19. The number of benzene rings is 1. The highest BCUT2D eigenvalue weighted by Crippen LogP contribution is 2.43. The minimum atomic E-state index is -0.668. The summed E-state index contributed by atoms with van der Waals surface area (Å²) in [5.41, 5.74) is 4.46. The third kappa shape index (κ3) is 2.66. The molecule has 2 aliphatic heterocycles. The van der Waals surface area contributed by atoms with Crippen molar-refractivity contribution in [3.05, 3.63) is 41.7 Å². The zero-order valence-corrected chi connectivity index (χ0v) is 13.9. The molecule has 3 heterocycles. The highest BCUT2D eigenvalue weighted by molar-refractivity contribution is 6.43. The average molecular weight is 325 g/mol. The lowest BCUT2D eigenvalue weighted by Crippen LogP contribution is -2.07. The van der Waals surface area contributed by atoms with Gasteiger partial charge in [0, 0.05) is 42.5 Å². The van der Waals surface area contributed by atoms with E-state index in [1.165, 1.54) is 5.56 Å². The molecule has 1 aromatic carbocycles. The topological polar surface area (TPSA) is 60.8 Å². The number of nitrogens with zero attached hydrogens (tertiary/aromatic N) is 1. The van der Waals surface area contributed by atoms with Gasteiger partial charge in [-0.3, -0.25) is 4.98 Å². The molecule has 2 aliphatic rings. The van der Waals surface area contributed by atoms with Crippen molar-refractivity contribution in [2.24, 2.45) is 0 Å². The quantitative estimate of drug-likeness (QED) is 0.879. The summed E-state index contributed by atoms with van der Waals surface area (Å²) in [4.78, 5) is 4.41. The van der Waals surface area contributed by atoms with Gasteiger partial charge in [0.05, 0.1) is 7.11 Å². The van der Waals surface area contributed by atoms with Crippen LogP contribution in [0.5, 0.6) is 11.5 Å². The van der Waals surface area contributed by atoms with Crippen LogP contribution in [0.2, 0.25) is 6.32 Å². The minimum Gasteiger partial charge on any atom is -0.493 e. The molecule has 2 atom stereocenters. The van der Waals surface area contributed by atoms with E-state index in [1.807, 2.05) is 18.5 Å². The molecule has 124 valence electrons. The lowest BCUT2D eigenvalue weighted by atomic mass is 9.79. The second-order valence-corrected chi connectivity index (χ2v) is 6.48. The second kappa shape index (κ2) is 6.11. The van der Waals surface area contributed by atoms with E-state index in [0.29, 0.717) is 12.9 Å². The molecule has 1 N–H and O–H groups in total. The molecular weight excluding hydrogens is 305 g/mol. The third-order valence-electron chi connectivity index (χ3n) is 4.77. The summed E-state index contributed by atoms with van der Waals surface area (Å²) in [6.07, 6.45) is 5.35. The van der Waals surface area contributed by atoms with Crippen LogP contribution in [0.25, 0.3) is 11.1 Å². The number of ether oxygens (including phenoxy) is 2. The van der Waals surface area contributed by atoms with Crippen molar-refractivity contribution in [3.63, 3.8) is 0 Å². The Hall–Kier alpha value is -2.05. The van der Waals surface area contributed by atoms with Gasteiger partial charge in [-0.2, -0.15) is 0 Å². The first-order valence-electron chi connectivity index (χ1n) is 8.27. The predicted molar refractivity (Wildman–Crippen MR) is 91.5 cm³/mol. The maximum Gasteiger partial charge on any atom is 0.454 e. The van der Waals surface area contributed by atoms with Gasteiger partial charge in [-0.1, -0.05) is 6.07 Å². The van der Waals surface area contributed by atoms with Crippen molar-refractivity contribution in [2.45, 2.75) is 31.7 Å². The molecule has 1 aromatic heterocycles. The summed E-state index contributed by atoms with van der Waals surface area (Å²) >= 11 is 0. The van der Waals surface area contributed by atoms with E-state index in [0.717, 1.165) is 34.6 Å². The SMILES string of the molecule is COc1ccc(-c2cncc(C3COB(O)C3)c2)c2c1OC(C)C2. The van der Waals surface area contributed by atoms with E-state index >= 15 is 0 Å². The standard InChI is InChI=1S/C18H20BNO4/c1-11-5-16-15(3-4-17(22-2)18(16)24-11)13-6-12(8-20-9-13)14-7-19(21)23-10-14/h3-4,6,8-9,11,14,21H,5,7,10H2,1-2H3. The molecule has 2 unspecified atom stereocenters. The van der Waals surface area contributed by atoms with Crippen LogP contribution in [0, 0.1) is 0 Å². The smallest absolute Gasteiger partial charge is 0.454 e. The van der Waals surface area contributed by atoms with Gasteiger partial charge in [-0.15, -0.1) is 0 Å². The fourth-order valence-corrected chi connectivity index (χ4v) is 3.57. The molecular formula is C18H20BNO4. The Morgan fingerprint density at radius 2 is 2.21 bits per heavy atom. The number of fused-ring (bicyclic) bond motifs is 1. The molecule has 24 heavy (non-hydrogen) atoms. The largest absolute Gasteiger partial charge is 0.493 e. The molecule has 5 nitrogen and oxygen atoms in total. The maximum absolute atomic E-state index is 9.59. The number of hydrogen-bond donors (Lipinski definition) is 1. The first kappa shape index (κ1) is 15.5. The zero-order chi connectivity index (χ0) is 16.7. The van der Waals surface area contributed by atoms with Crippen LogP contribution >= 0.6 is 0 Å². The first-order valence-corrected chi connectivity index (χ1v) is 8.27. The van der Waals surface area contributed by atoms with Gasteiger partial charge in [0.15, 0.2) is 11.5 Å². The molecule has 0 spiro atoms. The van der Waals surface area contributed by atoms with Gasteiger partial charge in [-0.05, 0) is 36.5 Å². The Kier molecular flexibility index (Phi) is 3.94. The Labute approximate surface area is 141 Å². The van der Waals surface area contributed by atoms with Gasteiger partial charge in [0.25, 0.3) is 0 Å². The minimum absolute atomic E-state index is 0.143. The molecule has 4 rings (SSSR count). The Morgan fingerprint density at radius 3 is 2.96 bits per heavy atom. The Balaban J connectivity index is 1.74. The van der Waals surface area contributed by atoms with Crippen LogP contribution in [-0.2, 0) is 11.1 Å². The maximum atomic E-state index is 9.59. The molecule has 0 radical (unpaired) electrons. The van der Waals surface area contributed by atoms with Crippen molar-refractivity contribution < 1.29 is 19.2 Å². The molecule has 1 fully saturated rings. The van der Waals surface area contributed by atoms with E-state index in [-0.39, 0.29) is 12.0 Å². The highest BCUT2D eigenvalue weighted by Gasteiger charge is 2.31. The normalized spacial score (nSPS) is 22.4. The van der Waals surface area contributed by atoms with Crippen LogP contribution in [0.4, 0.5) is 0 Å². The predicted octanol–water partition coefficient (Wildman–Crippen LogP) is 2.67. The van der Waals surface area contributed by atoms with Crippen molar-refractivity contribution in [1.82, 2.24) is 4.98 Å². The van der Waals surface area contributed by atoms with Crippen LogP contribution < -0.4 is 9.47 Å². The molecule has 6 heteroatoms. The summed E-state index contributed by atoms with van der Waals surface area (Å²) < 4.78 is 16.6. The van der Waals surface area contributed by atoms with Crippen LogP contribution in [-0.4, -0.2) is 36.9 Å². The van der Waals surface area contributed by atoms with E-state index < -0.39 is 7.12 Å². The monoisotopic (exact) mass is 325 g/mol. The summed E-state index contributed by atoms with van der Waals surface area (Å²) in [5, 5.41) is 9.59. The van der Waals surface area contributed by atoms with Gasteiger partial charge in [-0.25, -0.2) is 0 Å². The first-order chi connectivity index (χ1) is 11.7. The fraction of sp³-hybridized carbons (Fsp3) is 0.389.